The van der Waals surface area contributed by atoms with E-state index >= 15 is 0 Å². The van der Waals surface area contributed by atoms with Crippen LogP contribution in [0.2, 0.25) is 0 Å². The zero-order chi connectivity index (χ0) is 22.8. The number of carbonyl (C=O) groups is 3. The summed E-state index contributed by atoms with van der Waals surface area (Å²) < 4.78 is 15.0. The minimum Gasteiger partial charge on any atom is -0.395 e. The van der Waals surface area contributed by atoms with Crippen LogP contribution < -0.4 is 5.32 Å². The highest BCUT2D eigenvalue weighted by molar-refractivity contribution is 6.44. The lowest BCUT2D eigenvalue weighted by atomic mass is 9.84. The zero-order valence-electron chi connectivity index (χ0n) is 17.7. The molecule has 158 valence electrons. The van der Waals surface area contributed by atoms with Crippen molar-refractivity contribution in [2.24, 2.45) is 12.5 Å². The Balaban J connectivity index is 2.37. The summed E-state index contributed by atoms with van der Waals surface area (Å²) in [6.45, 7) is 5.90. The van der Waals surface area contributed by atoms with Crippen molar-refractivity contribution in [1.82, 2.24) is 4.57 Å². The molecule has 30 heavy (non-hydrogen) atoms. The molecule has 0 fully saturated rings. The quantitative estimate of drug-likeness (QED) is 0.416. The average molecular weight is 412 g/mol. The van der Waals surface area contributed by atoms with Gasteiger partial charge in [-0.15, -0.1) is 6.42 Å². The van der Waals surface area contributed by atoms with Gasteiger partial charge in [0.2, 0.25) is 11.6 Å². The van der Waals surface area contributed by atoms with Crippen LogP contribution in [0.1, 0.15) is 51.0 Å². The van der Waals surface area contributed by atoms with Crippen LogP contribution in [-0.4, -0.2) is 33.8 Å². The molecule has 0 spiro atoms. The standard InChI is InChI=1S/C23H25FN2O4/c1-7-23(5,12-27)11-18(28)21(29)19-14(3)20(26(6)15(19)4)22(30)25-16-8-9-17(24)13(2)10-16/h1,8-10,27H,11-12H2,2-6H3,(H,25,30)/t23-/m0/s1. The number of halogens is 1. The van der Waals surface area contributed by atoms with Crippen molar-refractivity contribution in [3.8, 4) is 12.3 Å². The van der Waals surface area contributed by atoms with E-state index in [1.54, 1.807) is 27.8 Å². The number of nitrogens with zero attached hydrogens (tertiary/aromatic N) is 1. The van der Waals surface area contributed by atoms with Gasteiger partial charge in [-0.2, -0.15) is 0 Å². The number of terminal acetylenes is 1. The van der Waals surface area contributed by atoms with Crippen LogP contribution >= 0.6 is 0 Å². The number of aromatic nitrogens is 1. The van der Waals surface area contributed by atoms with Crippen LogP contribution in [-0.2, 0) is 11.8 Å². The average Bonchev–Trinajstić information content (AvgIpc) is 2.92. The molecule has 0 aliphatic carbocycles. The summed E-state index contributed by atoms with van der Waals surface area (Å²) in [7, 11) is 1.62. The molecule has 1 aromatic carbocycles. The molecule has 0 unspecified atom stereocenters. The van der Waals surface area contributed by atoms with E-state index in [2.05, 4.69) is 11.2 Å². The van der Waals surface area contributed by atoms with Crippen LogP contribution in [0.4, 0.5) is 10.1 Å². The molecule has 2 rings (SSSR count). The van der Waals surface area contributed by atoms with Gasteiger partial charge in [0.05, 0.1) is 17.6 Å². The van der Waals surface area contributed by atoms with E-state index in [1.807, 2.05) is 0 Å². The van der Waals surface area contributed by atoms with Gasteiger partial charge >= 0.3 is 0 Å². The molecule has 0 aliphatic heterocycles. The number of nitrogens with one attached hydrogen (secondary N) is 1. The Morgan fingerprint density at radius 2 is 1.90 bits per heavy atom. The summed E-state index contributed by atoms with van der Waals surface area (Å²) in [5, 5.41) is 12.1. The van der Waals surface area contributed by atoms with E-state index in [9.17, 15) is 23.9 Å². The Hall–Kier alpha value is -3.24. The Morgan fingerprint density at radius 1 is 1.27 bits per heavy atom. The number of anilines is 1. The van der Waals surface area contributed by atoms with Crippen LogP contribution in [0, 0.1) is 44.3 Å². The minimum atomic E-state index is -1.13. The maximum Gasteiger partial charge on any atom is 0.272 e. The molecule has 0 saturated carbocycles. The van der Waals surface area contributed by atoms with Crippen molar-refractivity contribution in [3.05, 3.63) is 52.1 Å². The van der Waals surface area contributed by atoms with Crippen molar-refractivity contribution >= 4 is 23.2 Å². The maximum atomic E-state index is 13.5. The fourth-order valence-electron chi connectivity index (χ4n) is 3.27. The molecule has 7 heteroatoms. The summed E-state index contributed by atoms with van der Waals surface area (Å²) in [6.07, 6.45) is 5.07. The van der Waals surface area contributed by atoms with Crippen LogP contribution in [0.5, 0.6) is 0 Å². The zero-order valence-corrected chi connectivity index (χ0v) is 17.7. The molecule has 1 heterocycles. The second kappa shape index (κ2) is 8.64. The fourth-order valence-corrected chi connectivity index (χ4v) is 3.27. The third-order valence-corrected chi connectivity index (χ3v) is 5.29. The summed E-state index contributed by atoms with van der Waals surface area (Å²) >= 11 is 0. The molecule has 1 amide bonds. The highest BCUT2D eigenvalue weighted by Gasteiger charge is 2.32. The molecular weight excluding hydrogens is 387 g/mol. The van der Waals surface area contributed by atoms with Gasteiger partial charge in [-0.05, 0) is 57.0 Å². The minimum absolute atomic E-state index is 0.139. The normalized spacial score (nSPS) is 12.7. The highest BCUT2D eigenvalue weighted by atomic mass is 19.1. The fraction of sp³-hybridized carbons (Fsp3) is 0.348. The van der Waals surface area contributed by atoms with Crippen molar-refractivity contribution in [2.75, 3.05) is 11.9 Å². The van der Waals surface area contributed by atoms with Crippen LogP contribution in [0.25, 0.3) is 0 Å². The first-order valence-corrected chi connectivity index (χ1v) is 9.35. The lowest BCUT2D eigenvalue weighted by molar-refractivity contribution is -0.116. The predicted molar refractivity (Wildman–Crippen MR) is 112 cm³/mol. The monoisotopic (exact) mass is 412 g/mol. The van der Waals surface area contributed by atoms with Gasteiger partial charge in [-0.3, -0.25) is 14.4 Å². The molecule has 1 aromatic heterocycles. The Bertz CT molecular complexity index is 1080. The number of hydrogen-bond donors (Lipinski definition) is 2. The molecule has 2 N–H and O–H groups in total. The number of aryl methyl sites for hydroxylation is 1. The molecule has 0 bridgehead atoms. The topological polar surface area (TPSA) is 88.4 Å². The lowest BCUT2D eigenvalue weighted by Gasteiger charge is -2.18. The second-order valence-corrected chi connectivity index (χ2v) is 7.70. The first-order valence-electron chi connectivity index (χ1n) is 9.35. The Morgan fingerprint density at radius 3 is 2.43 bits per heavy atom. The number of aliphatic hydroxyl groups excluding tert-OH is 1. The molecule has 6 nitrogen and oxygen atoms in total. The number of rotatable bonds is 7. The van der Waals surface area contributed by atoms with Crippen molar-refractivity contribution in [1.29, 1.82) is 0 Å². The van der Waals surface area contributed by atoms with E-state index in [0.717, 1.165) is 0 Å². The summed E-state index contributed by atoms with van der Waals surface area (Å²) in [5.74, 6) is -0.0139. The highest BCUT2D eigenvalue weighted by Crippen LogP contribution is 2.26. The largest absolute Gasteiger partial charge is 0.395 e. The first-order chi connectivity index (χ1) is 14.0. The second-order valence-electron chi connectivity index (χ2n) is 7.70. The summed E-state index contributed by atoms with van der Waals surface area (Å²) in [4.78, 5) is 38.2. The third kappa shape index (κ3) is 4.34. The number of carbonyl (C=O) groups excluding carboxylic acids is 3. The molecule has 0 radical (unpaired) electrons. The van der Waals surface area contributed by atoms with Gasteiger partial charge in [0.25, 0.3) is 5.91 Å². The third-order valence-electron chi connectivity index (χ3n) is 5.29. The Labute approximate surface area is 175 Å². The smallest absolute Gasteiger partial charge is 0.272 e. The number of benzene rings is 1. The van der Waals surface area contributed by atoms with E-state index < -0.39 is 29.5 Å². The predicted octanol–water partition coefficient (Wildman–Crippen LogP) is 3.12. The SMILES string of the molecule is C#C[C@](C)(CO)CC(=O)C(=O)c1c(C)c(C(=O)Nc2ccc(F)c(C)c2)n(C)c1C. The number of Topliss-reactive ketones (excluding diaryl/α,β-unsaturated/α-hetero) is 2. The first kappa shape index (κ1) is 23.0. The van der Waals surface area contributed by atoms with E-state index in [0.29, 0.717) is 22.5 Å². The number of ketones is 2. The van der Waals surface area contributed by atoms with Crippen molar-refractivity contribution < 1.29 is 23.9 Å². The van der Waals surface area contributed by atoms with Crippen molar-refractivity contribution in [3.63, 3.8) is 0 Å². The molecular formula is C23H25FN2O4. The van der Waals surface area contributed by atoms with Gasteiger partial charge in [0.1, 0.15) is 11.5 Å². The van der Waals surface area contributed by atoms with Crippen LogP contribution in [0.15, 0.2) is 18.2 Å². The van der Waals surface area contributed by atoms with E-state index in [4.69, 9.17) is 6.42 Å². The van der Waals surface area contributed by atoms with Gasteiger partial charge in [-0.25, -0.2) is 4.39 Å². The van der Waals surface area contributed by atoms with Crippen LogP contribution in [0.3, 0.4) is 0 Å². The van der Waals surface area contributed by atoms with Gasteiger partial charge in [0, 0.05) is 24.8 Å². The molecule has 1 atom stereocenters. The number of aliphatic hydroxyl groups is 1. The summed E-state index contributed by atoms with van der Waals surface area (Å²) in [6, 6.07) is 4.20. The van der Waals surface area contributed by atoms with Gasteiger partial charge in [0.15, 0.2) is 0 Å². The number of hydrogen-bond acceptors (Lipinski definition) is 4. The number of amides is 1. The maximum absolute atomic E-state index is 13.5. The molecule has 0 saturated heterocycles. The van der Waals surface area contributed by atoms with Gasteiger partial charge in [-0.1, -0.05) is 5.92 Å². The lowest BCUT2D eigenvalue weighted by Crippen LogP contribution is -2.27. The van der Waals surface area contributed by atoms with Crippen molar-refractivity contribution in [2.45, 2.75) is 34.1 Å². The summed E-state index contributed by atoms with van der Waals surface area (Å²) in [5.41, 5.74) is 0.828. The Kier molecular flexibility index (Phi) is 6.63. The van der Waals surface area contributed by atoms with E-state index in [1.165, 1.54) is 29.7 Å². The molecule has 0 aliphatic rings. The van der Waals surface area contributed by atoms with E-state index in [-0.39, 0.29) is 23.5 Å². The van der Waals surface area contributed by atoms with Gasteiger partial charge < -0.3 is 15.0 Å². The molecule has 2 aromatic rings.